The summed E-state index contributed by atoms with van der Waals surface area (Å²) < 4.78 is 5.29. The zero-order valence-corrected chi connectivity index (χ0v) is 12.5. The second-order valence-corrected chi connectivity index (χ2v) is 5.96. The van der Waals surface area contributed by atoms with Gasteiger partial charge in [0.15, 0.2) is 6.23 Å². The second kappa shape index (κ2) is 5.35. The molecule has 2 heterocycles. The van der Waals surface area contributed by atoms with Gasteiger partial charge in [-0.05, 0) is 17.5 Å². The molecule has 0 saturated carbocycles. The minimum atomic E-state index is -1.59. The molecule has 0 aliphatic carbocycles. The summed E-state index contributed by atoms with van der Waals surface area (Å²) in [7, 11) is 0. The molecule has 0 spiro atoms. The average molecular weight is 329 g/mol. The maximum atomic E-state index is 12.8. The first-order valence-corrected chi connectivity index (χ1v) is 7.56. The summed E-state index contributed by atoms with van der Waals surface area (Å²) in [5, 5.41) is 30.9. The minimum Gasteiger partial charge on any atom is -0.388 e. The van der Waals surface area contributed by atoms with Crippen LogP contribution in [0.2, 0.25) is 0 Å². The lowest BCUT2D eigenvalue weighted by Crippen LogP contribution is -2.62. The molecule has 1 saturated heterocycles. The minimum absolute atomic E-state index is 0.286. The highest BCUT2D eigenvalue weighted by atomic mass is 16.5. The molecule has 24 heavy (non-hydrogen) atoms. The number of benzene rings is 2. The first-order chi connectivity index (χ1) is 11.5. The predicted molar refractivity (Wildman–Crippen MR) is 82.2 cm³/mol. The topological polar surface area (TPSA) is 107 Å². The maximum absolute atomic E-state index is 12.8. The molecule has 124 valence electrons. The van der Waals surface area contributed by atoms with Gasteiger partial charge in [-0.3, -0.25) is 9.59 Å². The molecule has 2 aliphatic rings. The summed E-state index contributed by atoms with van der Waals surface area (Å²) in [5.74, 6) is -1.20. The van der Waals surface area contributed by atoms with Crippen molar-refractivity contribution in [2.45, 2.75) is 24.5 Å². The van der Waals surface area contributed by atoms with Crippen molar-refractivity contribution in [3.05, 3.63) is 47.5 Å². The zero-order chi connectivity index (χ0) is 17.0. The summed E-state index contributed by atoms with van der Waals surface area (Å²) >= 11 is 0. The van der Waals surface area contributed by atoms with Gasteiger partial charge in [0, 0.05) is 16.5 Å². The Morgan fingerprint density at radius 2 is 1.50 bits per heavy atom. The maximum Gasteiger partial charge on any atom is 0.263 e. The van der Waals surface area contributed by atoms with Crippen molar-refractivity contribution in [1.82, 2.24) is 4.90 Å². The van der Waals surface area contributed by atoms with E-state index in [0.717, 1.165) is 10.3 Å². The lowest BCUT2D eigenvalue weighted by molar-refractivity contribution is -0.212. The SMILES string of the molecule is O=C1c2cccc3cccc(c23)C(=O)N1C1OC[C@@H](O)[C@H](O)[C@@H]1O. The summed E-state index contributed by atoms with van der Waals surface area (Å²) in [5.41, 5.74) is 0.665. The van der Waals surface area contributed by atoms with Crippen molar-refractivity contribution in [3.63, 3.8) is 0 Å². The van der Waals surface area contributed by atoms with E-state index in [2.05, 4.69) is 0 Å². The van der Waals surface area contributed by atoms with Gasteiger partial charge < -0.3 is 20.1 Å². The van der Waals surface area contributed by atoms with Gasteiger partial charge in [-0.25, -0.2) is 4.90 Å². The Labute approximate surface area is 136 Å². The largest absolute Gasteiger partial charge is 0.388 e. The van der Waals surface area contributed by atoms with Crippen LogP contribution in [0.15, 0.2) is 36.4 Å². The third-order valence-corrected chi connectivity index (χ3v) is 4.53. The lowest BCUT2D eigenvalue weighted by atomic mass is 9.93. The number of carbonyl (C=O) groups is 2. The average Bonchev–Trinajstić information content (AvgIpc) is 2.59. The molecule has 7 heteroatoms. The highest BCUT2D eigenvalue weighted by Gasteiger charge is 2.47. The molecule has 1 fully saturated rings. The van der Waals surface area contributed by atoms with E-state index in [1.165, 1.54) is 0 Å². The normalized spacial score (nSPS) is 30.0. The third-order valence-electron chi connectivity index (χ3n) is 4.53. The molecule has 4 atom stereocenters. The van der Waals surface area contributed by atoms with E-state index >= 15 is 0 Å². The molecule has 2 aromatic carbocycles. The molecule has 0 aromatic heterocycles. The van der Waals surface area contributed by atoms with Gasteiger partial charge in [0.05, 0.1) is 6.61 Å². The van der Waals surface area contributed by atoms with Crippen LogP contribution in [-0.4, -0.2) is 63.2 Å². The molecular weight excluding hydrogens is 314 g/mol. The van der Waals surface area contributed by atoms with Crippen molar-refractivity contribution in [1.29, 1.82) is 0 Å². The highest BCUT2D eigenvalue weighted by molar-refractivity contribution is 6.25. The number of ether oxygens (including phenoxy) is 1. The predicted octanol–water partition coefficient (Wildman–Crippen LogP) is -0.125. The van der Waals surface area contributed by atoms with E-state index in [-0.39, 0.29) is 6.61 Å². The van der Waals surface area contributed by atoms with Crippen LogP contribution in [-0.2, 0) is 4.74 Å². The van der Waals surface area contributed by atoms with Crippen LogP contribution in [0.5, 0.6) is 0 Å². The van der Waals surface area contributed by atoms with Crippen molar-refractivity contribution in [2.75, 3.05) is 6.61 Å². The van der Waals surface area contributed by atoms with Gasteiger partial charge in [-0.2, -0.15) is 0 Å². The number of aliphatic hydroxyl groups is 3. The summed E-state index contributed by atoms with van der Waals surface area (Å²) in [6.07, 6.45) is -5.72. The van der Waals surface area contributed by atoms with Crippen LogP contribution >= 0.6 is 0 Å². The molecule has 2 aliphatic heterocycles. The van der Waals surface area contributed by atoms with Gasteiger partial charge in [0.1, 0.15) is 18.3 Å². The molecule has 4 rings (SSSR count). The van der Waals surface area contributed by atoms with Crippen LogP contribution in [0.25, 0.3) is 10.8 Å². The summed E-state index contributed by atoms with van der Waals surface area (Å²) in [4.78, 5) is 26.4. The van der Waals surface area contributed by atoms with E-state index < -0.39 is 36.4 Å². The molecule has 2 amide bonds. The zero-order valence-electron chi connectivity index (χ0n) is 12.5. The van der Waals surface area contributed by atoms with Crippen LogP contribution < -0.4 is 0 Å². The van der Waals surface area contributed by atoms with E-state index in [1.807, 2.05) is 12.1 Å². The van der Waals surface area contributed by atoms with Gasteiger partial charge in [0.25, 0.3) is 11.8 Å². The number of carbonyl (C=O) groups excluding carboxylic acids is 2. The van der Waals surface area contributed by atoms with Crippen LogP contribution in [0, 0.1) is 0 Å². The number of aliphatic hydroxyl groups excluding tert-OH is 3. The van der Waals surface area contributed by atoms with E-state index in [4.69, 9.17) is 4.74 Å². The third kappa shape index (κ3) is 1.99. The molecule has 7 nitrogen and oxygen atoms in total. The Morgan fingerprint density at radius 3 is 2.08 bits per heavy atom. The number of rotatable bonds is 1. The van der Waals surface area contributed by atoms with Gasteiger partial charge in [-0.15, -0.1) is 0 Å². The van der Waals surface area contributed by atoms with Gasteiger partial charge in [0.2, 0.25) is 0 Å². The molecule has 1 unspecified atom stereocenters. The molecule has 0 radical (unpaired) electrons. The Hall–Kier alpha value is -2.32. The number of hydrogen-bond donors (Lipinski definition) is 3. The van der Waals surface area contributed by atoms with Gasteiger partial charge >= 0.3 is 0 Å². The first-order valence-electron chi connectivity index (χ1n) is 7.56. The standard InChI is InChI=1S/C17H15NO6/c19-11-7-24-17(14(21)13(11)20)18-15(22)9-5-1-3-8-4-2-6-10(12(8)9)16(18)23/h1-6,11,13-14,17,19-21H,7H2/t11-,13+,14+,17?/m1/s1. The Bertz CT molecular complexity index is 799. The molecule has 2 aromatic rings. The molecular formula is C17H15NO6. The highest BCUT2D eigenvalue weighted by Crippen LogP contribution is 2.32. The van der Waals surface area contributed by atoms with Crippen molar-refractivity contribution >= 4 is 22.6 Å². The van der Waals surface area contributed by atoms with Crippen molar-refractivity contribution in [3.8, 4) is 0 Å². The summed E-state index contributed by atoms with van der Waals surface area (Å²) in [6.45, 7) is -0.286. The molecule has 3 N–H and O–H groups in total. The lowest BCUT2D eigenvalue weighted by Gasteiger charge is -2.41. The van der Waals surface area contributed by atoms with Crippen molar-refractivity contribution < 1.29 is 29.6 Å². The van der Waals surface area contributed by atoms with Crippen molar-refractivity contribution in [2.24, 2.45) is 0 Å². The fourth-order valence-corrected chi connectivity index (χ4v) is 3.30. The van der Waals surface area contributed by atoms with E-state index in [1.54, 1.807) is 24.3 Å². The van der Waals surface area contributed by atoms with Crippen LogP contribution in [0.4, 0.5) is 0 Å². The Morgan fingerprint density at radius 1 is 0.917 bits per heavy atom. The smallest absolute Gasteiger partial charge is 0.263 e. The number of imide groups is 1. The van der Waals surface area contributed by atoms with Gasteiger partial charge in [-0.1, -0.05) is 24.3 Å². The number of hydrogen-bond acceptors (Lipinski definition) is 6. The van der Waals surface area contributed by atoms with Crippen LogP contribution in [0.3, 0.4) is 0 Å². The Balaban J connectivity index is 1.83. The van der Waals surface area contributed by atoms with Crippen LogP contribution in [0.1, 0.15) is 20.7 Å². The second-order valence-electron chi connectivity index (χ2n) is 5.96. The fraction of sp³-hybridized carbons (Fsp3) is 0.294. The summed E-state index contributed by atoms with van der Waals surface area (Å²) in [6, 6.07) is 10.3. The Kier molecular flexibility index (Phi) is 3.40. The number of amides is 2. The monoisotopic (exact) mass is 329 g/mol. The van der Waals surface area contributed by atoms with E-state index in [0.29, 0.717) is 16.5 Å². The molecule has 0 bridgehead atoms. The quantitative estimate of drug-likeness (QED) is 0.630. The number of nitrogens with zero attached hydrogens (tertiary/aromatic N) is 1. The fourth-order valence-electron chi connectivity index (χ4n) is 3.30. The van der Waals surface area contributed by atoms with E-state index in [9.17, 15) is 24.9 Å². The first kappa shape index (κ1) is 15.2.